The minimum Gasteiger partial charge on any atom is -0.444 e. The Kier molecular flexibility index (Phi) is 11.3. The van der Waals surface area contributed by atoms with Gasteiger partial charge in [0.25, 0.3) is 0 Å². The van der Waals surface area contributed by atoms with Gasteiger partial charge in [0.1, 0.15) is 5.60 Å². The van der Waals surface area contributed by atoms with Gasteiger partial charge in [-0.15, -0.1) is 0 Å². The third-order valence-corrected chi connectivity index (χ3v) is 3.58. The number of alkyl carbamates (subject to hydrolysis) is 1. The van der Waals surface area contributed by atoms with Crippen LogP contribution in [0.5, 0.6) is 0 Å². The number of carbonyl (C=O) groups excluding carboxylic acids is 1. The van der Waals surface area contributed by atoms with Gasteiger partial charge in [0, 0.05) is 12.6 Å². The van der Waals surface area contributed by atoms with E-state index in [2.05, 4.69) is 31.4 Å². The van der Waals surface area contributed by atoms with E-state index in [1.807, 2.05) is 20.8 Å². The maximum absolute atomic E-state index is 11.8. The molecule has 1 atom stereocenters. The van der Waals surface area contributed by atoms with Gasteiger partial charge < -0.3 is 15.4 Å². The molecule has 1 unspecified atom stereocenters. The molecule has 0 saturated carbocycles. The van der Waals surface area contributed by atoms with Crippen molar-refractivity contribution in [1.29, 1.82) is 0 Å². The Morgan fingerprint density at radius 1 is 1.05 bits per heavy atom. The fourth-order valence-corrected chi connectivity index (χ4v) is 2.20. The van der Waals surface area contributed by atoms with Gasteiger partial charge in [-0.05, 0) is 39.7 Å². The molecule has 0 fully saturated rings. The highest BCUT2D eigenvalue weighted by atomic mass is 16.6. The number of hydrogen-bond donors (Lipinski definition) is 2. The van der Waals surface area contributed by atoms with Gasteiger partial charge in [-0.3, -0.25) is 0 Å². The van der Waals surface area contributed by atoms with Crippen LogP contribution in [0.25, 0.3) is 0 Å². The largest absolute Gasteiger partial charge is 0.444 e. The number of ether oxygens (including phenoxy) is 1. The number of unbranched alkanes of at least 4 members (excludes halogenated alkanes) is 5. The topological polar surface area (TPSA) is 50.4 Å². The lowest BCUT2D eigenvalue weighted by Gasteiger charge is -2.26. The van der Waals surface area contributed by atoms with E-state index in [9.17, 15) is 4.79 Å². The van der Waals surface area contributed by atoms with E-state index < -0.39 is 5.60 Å². The summed E-state index contributed by atoms with van der Waals surface area (Å²) in [5.41, 5.74) is -0.447. The highest BCUT2D eigenvalue weighted by Gasteiger charge is 2.21. The molecular formula is C18H38N2O2. The van der Waals surface area contributed by atoms with Crippen LogP contribution >= 0.6 is 0 Å². The Hall–Kier alpha value is -0.770. The number of amides is 1. The average Bonchev–Trinajstić information content (AvgIpc) is 2.38. The van der Waals surface area contributed by atoms with Gasteiger partial charge in [-0.2, -0.15) is 0 Å². The molecule has 132 valence electrons. The van der Waals surface area contributed by atoms with E-state index in [0.717, 1.165) is 13.1 Å². The number of rotatable bonds is 11. The first-order valence-electron chi connectivity index (χ1n) is 8.96. The lowest BCUT2D eigenvalue weighted by Crippen LogP contribution is -2.47. The Morgan fingerprint density at radius 3 is 2.18 bits per heavy atom. The third-order valence-electron chi connectivity index (χ3n) is 3.58. The molecule has 0 heterocycles. The highest BCUT2D eigenvalue weighted by molar-refractivity contribution is 5.68. The van der Waals surface area contributed by atoms with Crippen molar-refractivity contribution in [1.82, 2.24) is 10.6 Å². The Labute approximate surface area is 137 Å². The quantitative estimate of drug-likeness (QED) is 0.553. The van der Waals surface area contributed by atoms with Crippen LogP contribution in [0.2, 0.25) is 0 Å². The molecule has 0 aromatic carbocycles. The van der Waals surface area contributed by atoms with Crippen LogP contribution in [0, 0.1) is 5.92 Å². The standard InChI is InChI=1S/C18H38N2O2/c1-7-8-9-10-11-12-13-19-14-16(15(2)3)20-17(21)22-18(4,5)6/h15-16,19H,7-14H2,1-6H3,(H,20,21). The van der Waals surface area contributed by atoms with Crippen molar-refractivity contribution in [2.45, 2.75) is 91.7 Å². The van der Waals surface area contributed by atoms with Crippen LogP contribution < -0.4 is 10.6 Å². The zero-order valence-corrected chi connectivity index (χ0v) is 15.6. The van der Waals surface area contributed by atoms with Crippen molar-refractivity contribution in [3.63, 3.8) is 0 Å². The van der Waals surface area contributed by atoms with E-state index in [4.69, 9.17) is 4.74 Å². The Bertz CT molecular complexity index is 285. The average molecular weight is 315 g/mol. The van der Waals surface area contributed by atoms with E-state index in [0.29, 0.717) is 5.92 Å². The summed E-state index contributed by atoms with van der Waals surface area (Å²) >= 11 is 0. The fourth-order valence-electron chi connectivity index (χ4n) is 2.20. The van der Waals surface area contributed by atoms with Gasteiger partial charge in [0.2, 0.25) is 0 Å². The normalized spacial score (nSPS) is 13.2. The SMILES string of the molecule is CCCCCCCCNCC(NC(=O)OC(C)(C)C)C(C)C. The molecule has 0 rings (SSSR count). The molecule has 0 saturated heterocycles. The van der Waals surface area contributed by atoms with Crippen LogP contribution in [-0.4, -0.2) is 30.8 Å². The fraction of sp³-hybridized carbons (Fsp3) is 0.944. The van der Waals surface area contributed by atoms with E-state index in [1.165, 1.54) is 38.5 Å². The highest BCUT2D eigenvalue weighted by Crippen LogP contribution is 2.08. The minimum absolute atomic E-state index is 0.106. The summed E-state index contributed by atoms with van der Waals surface area (Å²) in [6, 6.07) is 0.106. The van der Waals surface area contributed by atoms with Crippen LogP contribution in [0.3, 0.4) is 0 Å². The predicted octanol–water partition coefficient (Wildman–Crippen LogP) is 4.49. The Morgan fingerprint density at radius 2 is 1.64 bits per heavy atom. The molecule has 0 aromatic rings. The molecule has 0 aromatic heterocycles. The van der Waals surface area contributed by atoms with Crippen molar-refractivity contribution in [2.75, 3.05) is 13.1 Å². The van der Waals surface area contributed by atoms with Crippen LogP contribution in [0.15, 0.2) is 0 Å². The van der Waals surface area contributed by atoms with Crippen molar-refractivity contribution < 1.29 is 9.53 Å². The molecule has 0 aliphatic carbocycles. The zero-order chi connectivity index (χ0) is 17.0. The summed E-state index contributed by atoms with van der Waals surface area (Å²) in [6.45, 7) is 13.9. The van der Waals surface area contributed by atoms with Gasteiger partial charge in [0.15, 0.2) is 0 Å². The first-order valence-corrected chi connectivity index (χ1v) is 8.96. The number of hydrogen-bond acceptors (Lipinski definition) is 3. The zero-order valence-electron chi connectivity index (χ0n) is 15.6. The van der Waals surface area contributed by atoms with Gasteiger partial charge in [0.05, 0.1) is 0 Å². The van der Waals surface area contributed by atoms with E-state index >= 15 is 0 Å². The second-order valence-electron chi connectivity index (χ2n) is 7.47. The molecule has 0 bridgehead atoms. The van der Waals surface area contributed by atoms with Crippen molar-refractivity contribution in [2.24, 2.45) is 5.92 Å². The summed E-state index contributed by atoms with van der Waals surface area (Å²) < 4.78 is 5.32. The summed E-state index contributed by atoms with van der Waals surface area (Å²) in [5, 5.41) is 6.42. The molecule has 22 heavy (non-hydrogen) atoms. The van der Waals surface area contributed by atoms with Gasteiger partial charge in [-0.25, -0.2) is 4.79 Å². The maximum Gasteiger partial charge on any atom is 0.407 e. The maximum atomic E-state index is 11.8. The van der Waals surface area contributed by atoms with Crippen molar-refractivity contribution >= 4 is 6.09 Å². The molecule has 0 aliphatic rings. The first-order chi connectivity index (χ1) is 10.3. The van der Waals surface area contributed by atoms with Crippen LogP contribution in [0.1, 0.15) is 80.1 Å². The first kappa shape index (κ1) is 21.2. The summed E-state index contributed by atoms with van der Waals surface area (Å²) in [4.78, 5) is 11.8. The molecule has 4 heteroatoms. The van der Waals surface area contributed by atoms with Crippen LogP contribution in [0.4, 0.5) is 4.79 Å². The van der Waals surface area contributed by atoms with Gasteiger partial charge in [-0.1, -0.05) is 52.9 Å². The van der Waals surface area contributed by atoms with Crippen molar-refractivity contribution in [3.8, 4) is 0 Å². The van der Waals surface area contributed by atoms with Crippen LogP contribution in [-0.2, 0) is 4.74 Å². The number of nitrogens with one attached hydrogen (secondary N) is 2. The molecule has 1 amide bonds. The predicted molar refractivity (Wildman–Crippen MR) is 94.2 cm³/mol. The molecule has 0 radical (unpaired) electrons. The van der Waals surface area contributed by atoms with Gasteiger partial charge >= 0.3 is 6.09 Å². The molecular weight excluding hydrogens is 276 g/mol. The lowest BCUT2D eigenvalue weighted by atomic mass is 10.0. The molecule has 2 N–H and O–H groups in total. The second kappa shape index (κ2) is 11.8. The third kappa shape index (κ3) is 12.9. The second-order valence-corrected chi connectivity index (χ2v) is 7.47. The summed E-state index contributed by atoms with van der Waals surface area (Å²) in [7, 11) is 0. The molecule has 4 nitrogen and oxygen atoms in total. The smallest absolute Gasteiger partial charge is 0.407 e. The lowest BCUT2D eigenvalue weighted by molar-refractivity contribution is 0.0490. The Balaban J connectivity index is 3.84. The monoisotopic (exact) mass is 314 g/mol. The van der Waals surface area contributed by atoms with E-state index in [1.54, 1.807) is 0 Å². The van der Waals surface area contributed by atoms with Crippen molar-refractivity contribution in [3.05, 3.63) is 0 Å². The summed E-state index contributed by atoms with van der Waals surface area (Å²) in [5.74, 6) is 0.379. The molecule has 0 spiro atoms. The van der Waals surface area contributed by atoms with E-state index in [-0.39, 0.29) is 12.1 Å². The molecule has 0 aliphatic heterocycles. The summed E-state index contributed by atoms with van der Waals surface area (Å²) in [6.07, 6.45) is 7.50. The minimum atomic E-state index is -0.447. The number of carbonyl (C=O) groups is 1.